The Hall–Kier alpha value is -1.06. The minimum absolute atomic E-state index is 0.160. The van der Waals surface area contributed by atoms with Crippen molar-refractivity contribution in [1.29, 1.82) is 0 Å². The van der Waals surface area contributed by atoms with Crippen LogP contribution in [0.25, 0.3) is 0 Å². The molecule has 1 aliphatic carbocycles. The molecule has 2 bridgehead atoms. The molecule has 2 atom stereocenters. The highest BCUT2D eigenvalue weighted by Crippen LogP contribution is 2.47. The van der Waals surface area contributed by atoms with E-state index in [1.807, 2.05) is 12.1 Å². The van der Waals surface area contributed by atoms with Crippen LogP contribution in [0.15, 0.2) is 24.3 Å². The van der Waals surface area contributed by atoms with Crippen LogP contribution in [-0.2, 0) is 10.2 Å². The number of piperidine rings is 1. The molecule has 3 fully saturated rings. The van der Waals surface area contributed by atoms with E-state index in [2.05, 4.69) is 22.8 Å². The molecule has 1 aromatic carbocycles. The van der Waals surface area contributed by atoms with Crippen LogP contribution in [0.5, 0.6) is 0 Å². The lowest BCUT2D eigenvalue weighted by atomic mass is 9.89. The monoisotopic (exact) mass is 332 g/mol. The second-order valence-corrected chi connectivity index (χ2v) is 8.18. The topological polar surface area (TPSA) is 41.1 Å². The van der Waals surface area contributed by atoms with Gasteiger partial charge in [-0.05, 0) is 62.1 Å². The van der Waals surface area contributed by atoms with Crippen molar-refractivity contribution in [3.63, 3.8) is 0 Å². The molecule has 4 rings (SSSR count). The van der Waals surface area contributed by atoms with Crippen LogP contribution in [0.2, 0.25) is 5.02 Å². The fourth-order valence-corrected chi connectivity index (χ4v) is 4.59. The average molecular weight is 333 g/mol. The average Bonchev–Trinajstić information content (AvgIpc) is 3.25. The predicted molar refractivity (Wildman–Crippen MR) is 92.7 cm³/mol. The van der Waals surface area contributed by atoms with Gasteiger partial charge in [0, 0.05) is 35.5 Å². The lowest BCUT2D eigenvalue weighted by Crippen LogP contribution is -2.40. The minimum Gasteiger partial charge on any atom is -0.355 e. The maximum atomic E-state index is 12.4. The van der Waals surface area contributed by atoms with Gasteiger partial charge in [-0.2, -0.15) is 0 Å². The molecule has 124 valence electrons. The van der Waals surface area contributed by atoms with E-state index in [1.54, 1.807) is 0 Å². The third kappa shape index (κ3) is 3.41. The maximum Gasteiger partial charge on any atom is 0.220 e. The second kappa shape index (κ2) is 6.10. The van der Waals surface area contributed by atoms with Gasteiger partial charge in [0.05, 0.1) is 0 Å². The summed E-state index contributed by atoms with van der Waals surface area (Å²) in [6.45, 7) is 0.769. The summed E-state index contributed by atoms with van der Waals surface area (Å²) in [5.41, 5.74) is 1.47. The van der Waals surface area contributed by atoms with E-state index in [1.165, 1.54) is 31.2 Å². The molecule has 0 spiro atoms. The number of hydrogen-bond donors (Lipinski definition) is 2. The van der Waals surface area contributed by atoms with Crippen molar-refractivity contribution in [1.82, 2.24) is 10.6 Å². The third-order valence-electron chi connectivity index (χ3n) is 5.98. The molecule has 1 saturated carbocycles. The van der Waals surface area contributed by atoms with Crippen LogP contribution in [0.1, 0.15) is 50.5 Å². The van der Waals surface area contributed by atoms with Gasteiger partial charge in [0.25, 0.3) is 0 Å². The van der Waals surface area contributed by atoms with Gasteiger partial charge in [-0.1, -0.05) is 23.7 Å². The van der Waals surface area contributed by atoms with Crippen molar-refractivity contribution < 1.29 is 4.79 Å². The number of halogens is 1. The standard InChI is InChI=1S/C19H25ClN2O/c20-15-3-1-14(2-4-15)19(7-8-19)12-21-18(23)11-13-9-16-5-6-17(10-13)22-16/h1-4,13,16-17,22H,5-12H2,(H,21,23). The van der Waals surface area contributed by atoms with Crippen molar-refractivity contribution in [3.8, 4) is 0 Å². The van der Waals surface area contributed by atoms with Gasteiger partial charge in [0.2, 0.25) is 5.91 Å². The lowest BCUT2D eigenvalue weighted by molar-refractivity contribution is -0.122. The number of rotatable bonds is 5. The summed E-state index contributed by atoms with van der Waals surface area (Å²) in [6.07, 6.45) is 7.95. The molecule has 2 heterocycles. The van der Waals surface area contributed by atoms with Gasteiger partial charge < -0.3 is 10.6 Å². The van der Waals surface area contributed by atoms with E-state index in [9.17, 15) is 4.79 Å². The molecule has 2 aliphatic heterocycles. The number of nitrogens with one attached hydrogen (secondary N) is 2. The van der Waals surface area contributed by atoms with Crippen molar-refractivity contribution in [2.75, 3.05) is 6.54 Å². The van der Waals surface area contributed by atoms with E-state index in [0.29, 0.717) is 24.4 Å². The van der Waals surface area contributed by atoms with Gasteiger partial charge in [-0.15, -0.1) is 0 Å². The Morgan fingerprint density at radius 1 is 1.17 bits per heavy atom. The first kappa shape index (κ1) is 15.5. The zero-order valence-corrected chi connectivity index (χ0v) is 14.2. The number of amides is 1. The quantitative estimate of drug-likeness (QED) is 0.867. The third-order valence-corrected chi connectivity index (χ3v) is 6.23. The summed E-state index contributed by atoms with van der Waals surface area (Å²) >= 11 is 5.97. The molecular weight excluding hydrogens is 308 g/mol. The Balaban J connectivity index is 1.29. The zero-order valence-electron chi connectivity index (χ0n) is 13.5. The van der Waals surface area contributed by atoms with Crippen LogP contribution in [0, 0.1) is 5.92 Å². The summed E-state index contributed by atoms with van der Waals surface area (Å²) in [7, 11) is 0. The van der Waals surface area contributed by atoms with E-state index in [0.717, 1.165) is 24.4 Å². The molecule has 0 radical (unpaired) electrons. The van der Waals surface area contributed by atoms with E-state index in [4.69, 9.17) is 11.6 Å². The van der Waals surface area contributed by atoms with Crippen LogP contribution in [0.3, 0.4) is 0 Å². The van der Waals surface area contributed by atoms with Crippen LogP contribution in [0.4, 0.5) is 0 Å². The van der Waals surface area contributed by atoms with Gasteiger partial charge in [0.15, 0.2) is 0 Å². The molecule has 2 unspecified atom stereocenters. The number of hydrogen-bond acceptors (Lipinski definition) is 2. The molecule has 3 aliphatic rings. The SMILES string of the molecule is O=C(CC1CC2CCC(C1)N2)NCC1(c2ccc(Cl)cc2)CC1. The molecule has 0 aromatic heterocycles. The lowest BCUT2D eigenvalue weighted by Gasteiger charge is -2.28. The first-order valence-corrected chi connectivity index (χ1v) is 9.30. The van der Waals surface area contributed by atoms with Gasteiger partial charge in [0.1, 0.15) is 0 Å². The van der Waals surface area contributed by atoms with Crippen LogP contribution in [-0.4, -0.2) is 24.5 Å². The molecule has 2 N–H and O–H groups in total. The second-order valence-electron chi connectivity index (χ2n) is 7.74. The maximum absolute atomic E-state index is 12.4. The molecule has 4 heteroatoms. The Bertz CT molecular complexity index is 570. The molecule has 23 heavy (non-hydrogen) atoms. The zero-order chi connectivity index (χ0) is 15.9. The molecule has 1 aromatic rings. The van der Waals surface area contributed by atoms with Crippen LogP contribution < -0.4 is 10.6 Å². The highest BCUT2D eigenvalue weighted by Gasteiger charge is 2.44. The fraction of sp³-hybridized carbons (Fsp3) is 0.632. The van der Waals surface area contributed by atoms with Crippen LogP contribution >= 0.6 is 11.6 Å². The summed E-state index contributed by atoms with van der Waals surface area (Å²) in [6, 6.07) is 9.43. The van der Waals surface area contributed by atoms with Gasteiger partial charge in [-0.25, -0.2) is 0 Å². The summed E-state index contributed by atoms with van der Waals surface area (Å²) < 4.78 is 0. The minimum atomic E-state index is 0.160. The first-order valence-electron chi connectivity index (χ1n) is 8.92. The van der Waals surface area contributed by atoms with Gasteiger partial charge in [-0.3, -0.25) is 4.79 Å². The largest absolute Gasteiger partial charge is 0.355 e. The summed E-state index contributed by atoms with van der Waals surface area (Å²) in [5.74, 6) is 0.802. The predicted octanol–water partition coefficient (Wildman–Crippen LogP) is 3.41. The van der Waals surface area contributed by atoms with Crippen molar-refractivity contribution in [2.45, 2.75) is 62.4 Å². The molecule has 3 nitrogen and oxygen atoms in total. The summed E-state index contributed by atoms with van der Waals surface area (Å²) in [4.78, 5) is 12.4. The fourth-order valence-electron chi connectivity index (χ4n) is 4.47. The van der Waals surface area contributed by atoms with Crippen molar-refractivity contribution in [3.05, 3.63) is 34.9 Å². The normalized spacial score (nSPS) is 30.9. The van der Waals surface area contributed by atoms with Gasteiger partial charge >= 0.3 is 0 Å². The number of benzene rings is 1. The van der Waals surface area contributed by atoms with E-state index < -0.39 is 0 Å². The molecular formula is C19H25ClN2O. The number of carbonyl (C=O) groups is 1. The number of carbonyl (C=O) groups excluding carboxylic acids is 1. The van der Waals surface area contributed by atoms with Crippen molar-refractivity contribution in [2.24, 2.45) is 5.92 Å². The van der Waals surface area contributed by atoms with Crippen molar-refractivity contribution >= 4 is 17.5 Å². The Kier molecular flexibility index (Phi) is 4.10. The van der Waals surface area contributed by atoms with E-state index in [-0.39, 0.29) is 11.3 Å². The first-order chi connectivity index (χ1) is 11.1. The van der Waals surface area contributed by atoms with E-state index >= 15 is 0 Å². The highest BCUT2D eigenvalue weighted by atomic mass is 35.5. The molecule has 1 amide bonds. The smallest absolute Gasteiger partial charge is 0.220 e. The Labute approximate surface area is 143 Å². The Morgan fingerprint density at radius 2 is 1.83 bits per heavy atom. The number of fused-ring (bicyclic) bond motifs is 2. The summed E-state index contributed by atoms with van der Waals surface area (Å²) in [5, 5.41) is 7.62. The Morgan fingerprint density at radius 3 is 2.43 bits per heavy atom. The molecule has 2 saturated heterocycles. The highest BCUT2D eigenvalue weighted by molar-refractivity contribution is 6.30.